The molecule has 0 saturated heterocycles. The van der Waals surface area contributed by atoms with Crippen LogP contribution < -0.4 is 9.04 Å². The number of aliphatic carboxylic acids is 1. The molecule has 0 radical (unpaired) electrons. The molecule has 0 spiro atoms. The van der Waals surface area contributed by atoms with Crippen LogP contribution in [0.2, 0.25) is 5.02 Å². The van der Waals surface area contributed by atoms with E-state index < -0.39 is 33.8 Å². The molecule has 34 heavy (non-hydrogen) atoms. The molecule has 1 heterocycles. The highest BCUT2D eigenvalue weighted by Gasteiger charge is 2.36. The molecule has 0 amide bonds. The summed E-state index contributed by atoms with van der Waals surface area (Å²) in [5.41, 5.74) is 1.69. The van der Waals surface area contributed by atoms with Gasteiger partial charge in [0.1, 0.15) is 17.7 Å². The Morgan fingerprint density at radius 2 is 1.94 bits per heavy atom. The van der Waals surface area contributed by atoms with E-state index in [-0.39, 0.29) is 39.9 Å². The molecule has 9 heteroatoms. The monoisotopic (exact) mass is 503 g/mol. The second kappa shape index (κ2) is 9.27. The minimum Gasteiger partial charge on any atom is -0.486 e. The fourth-order valence-corrected chi connectivity index (χ4v) is 5.73. The second-order valence-corrected chi connectivity index (χ2v) is 10.6. The summed E-state index contributed by atoms with van der Waals surface area (Å²) in [5, 5.41) is 9.28. The second-order valence-electron chi connectivity index (χ2n) is 8.35. The lowest BCUT2D eigenvalue weighted by molar-refractivity contribution is -0.142. The van der Waals surface area contributed by atoms with Crippen molar-refractivity contribution < 1.29 is 27.4 Å². The quantitative estimate of drug-likeness (QED) is 0.478. The molecule has 0 aliphatic carbocycles. The molecule has 1 N–H and O–H groups in total. The minimum absolute atomic E-state index is 0.0431. The van der Waals surface area contributed by atoms with Crippen LogP contribution in [0, 0.1) is 18.7 Å². The number of anilines is 1. The van der Waals surface area contributed by atoms with Crippen LogP contribution in [0.25, 0.3) is 11.1 Å². The van der Waals surface area contributed by atoms with Crippen LogP contribution in [-0.2, 0) is 14.8 Å². The van der Waals surface area contributed by atoms with E-state index in [9.17, 15) is 22.7 Å². The van der Waals surface area contributed by atoms with Crippen LogP contribution in [0.1, 0.15) is 18.9 Å². The van der Waals surface area contributed by atoms with Gasteiger partial charge in [-0.25, -0.2) is 12.8 Å². The molecule has 6 nitrogen and oxygen atoms in total. The molecule has 0 unspecified atom stereocenters. The maximum absolute atomic E-state index is 14.7. The standard InChI is InChI=1S/C25H23ClFNO5S/c1-15-5-3-6-19(11-15)34(31,32)28-14-18(12-16(2)25(29)30)33-23-10-9-17(13-22(23)28)20-7-4-8-21(26)24(20)27/h3-11,13,16,18H,12,14H2,1-2H3,(H,29,30)/t16-,18+/m1/s1. The number of aryl methyl sites for hydroxylation is 1. The highest BCUT2D eigenvalue weighted by Crippen LogP contribution is 2.41. The Hall–Kier alpha value is -3.10. The summed E-state index contributed by atoms with van der Waals surface area (Å²) >= 11 is 5.94. The van der Waals surface area contributed by atoms with Crippen molar-refractivity contribution in [2.75, 3.05) is 10.8 Å². The zero-order valence-electron chi connectivity index (χ0n) is 18.5. The highest BCUT2D eigenvalue weighted by molar-refractivity contribution is 7.92. The van der Waals surface area contributed by atoms with E-state index in [1.165, 1.54) is 16.4 Å². The first kappa shape index (κ1) is 24.0. The van der Waals surface area contributed by atoms with Gasteiger partial charge in [0.15, 0.2) is 0 Å². The zero-order valence-corrected chi connectivity index (χ0v) is 20.1. The summed E-state index contributed by atoms with van der Waals surface area (Å²) in [6.07, 6.45) is -0.550. The molecule has 3 aromatic rings. The van der Waals surface area contributed by atoms with E-state index in [1.54, 1.807) is 62.4 Å². The Kier molecular flexibility index (Phi) is 6.55. The van der Waals surface area contributed by atoms with Gasteiger partial charge < -0.3 is 9.84 Å². The topological polar surface area (TPSA) is 83.9 Å². The van der Waals surface area contributed by atoms with E-state index >= 15 is 0 Å². The van der Waals surface area contributed by atoms with Crippen molar-refractivity contribution in [3.63, 3.8) is 0 Å². The summed E-state index contributed by atoms with van der Waals surface area (Å²) in [4.78, 5) is 11.5. The van der Waals surface area contributed by atoms with E-state index in [1.807, 2.05) is 0 Å². The van der Waals surface area contributed by atoms with Crippen LogP contribution >= 0.6 is 11.6 Å². The van der Waals surface area contributed by atoms with Gasteiger partial charge >= 0.3 is 5.97 Å². The number of hydrogen-bond acceptors (Lipinski definition) is 4. The molecule has 0 fully saturated rings. The lowest BCUT2D eigenvalue weighted by Gasteiger charge is -2.36. The number of halogens is 2. The van der Waals surface area contributed by atoms with Gasteiger partial charge in [-0.2, -0.15) is 0 Å². The largest absolute Gasteiger partial charge is 0.486 e. The van der Waals surface area contributed by atoms with Crippen molar-refractivity contribution >= 4 is 33.3 Å². The third-order valence-corrected chi connectivity index (χ3v) is 7.84. The summed E-state index contributed by atoms with van der Waals surface area (Å²) in [5.74, 6) is -2.05. The molecule has 4 rings (SSSR count). The molecule has 0 bridgehead atoms. The maximum atomic E-state index is 14.7. The number of carbonyl (C=O) groups is 1. The van der Waals surface area contributed by atoms with Crippen LogP contribution in [-0.4, -0.2) is 32.1 Å². The van der Waals surface area contributed by atoms with Crippen LogP contribution in [0.5, 0.6) is 5.75 Å². The fraction of sp³-hybridized carbons (Fsp3) is 0.240. The highest BCUT2D eigenvalue weighted by atomic mass is 35.5. The lowest BCUT2D eigenvalue weighted by Crippen LogP contribution is -2.44. The summed E-state index contributed by atoms with van der Waals surface area (Å²) in [7, 11) is -4.02. The van der Waals surface area contributed by atoms with Crippen LogP contribution in [0.3, 0.4) is 0 Å². The zero-order chi connectivity index (χ0) is 24.6. The molecular weight excluding hydrogens is 481 g/mol. The van der Waals surface area contributed by atoms with Crippen molar-refractivity contribution in [1.82, 2.24) is 0 Å². The first-order chi connectivity index (χ1) is 16.1. The average Bonchev–Trinajstić information content (AvgIpc) is 2.80. The Bertz CT molecular complexity index is 1360. The van der Waals surface area contributed by atoms with E-state index in [4.69, 9.17) is 16.3 Å². The number of sulfonamides is 1. The predicted octanol–water partition coefficient (Wildman–Crippen LogP) is 5.52. The predicted molar refractivity (Wildman–Crippen MR) is 128 cm³/mol. The molecule has 0 saturated carbocycles. The molecule has 2 atom stereocenters. The van der Waals surface area contributed by atoms with Crippen molar-refractivity contribution in [2.24, 2.45) is 5.92 Å². The number of carboxylic acid groups (broad SMARTS) is 1. The number of fused-ring (bicyclic) bond motifs is 1. The Balaban J connectivity index is 1.83. The summed E-state index contributed by atoms with van der Waals surface area (Å²) < 4.78 is 49.3. The van der Waals surface area contributed by atoms with Crippen molar-refractivity contribution in [1.29, 1.82) is 0 Å². The molecule has 1 aliphatic rings. The van der Waals surface area contributed by atoms with E-state index in [2.05, 4.69) is 0 Å². The van der Waals surface area contributed by atoms with Gasteiger partial charge in [0.25, 0.3) is 10.0 Å². The maximum Gasteiger partial charge on any atom is 0.306 e. The van der Waals surface area contributed by atoms with Crippen LogP contribution in [0.4, 0.5) is 10.1 Å². The first-order valence-corrected chi connectivity index (χ1v) is 12.5. The fourth-order valence-electron chi connectivity index (χ4n) is 3.95. The lowest BCUT2D eigenvalue weighted by atomic mass is 10.0. The van der Waals surface area contributed by atoms with E-state index in [0.29, 0.717) is 5.56 Å². The molecule has 3 aromatic carbocycles. The van der Waals surface area contributed by atoms with Crippen molar-refractivity contribution in [3.05, 3.63) is 77.1 Å². The van der Waals surface area contributed by atoms with Gasteiger partial charge in [-0.15, -0.1) is 0 Å². The number of ether oxygens (including phenoxy) is 1. The molecular formula is C25H23ClFNO5S. The van der Waals surface area contributed by atoms with Crippen LogP contribution in [0.15, 0.2) is 65.6 Å². The van der Waals surface area contributed by atoms with Gasteiger partial charge in [-0.3, -0.25) is 9.10 Å². The number of rotatable bonds is 6. The third kappa shape index (κ3) is 4.60. The summed E-state index contributed by atoms with van der Waals surface area (Å²) in [6, 6.07) is 15.9. The Labute approximate surface area is 202 Å². The SMILES string of the molecule is Cc1cccc(S(=O)(=O)N2C[C@H](C[C@@H](C)C(=O)O)Oc3ccc(-c4cccc(Cl)c4F)cc32)c1. The molecule has 0 aromatic heterocycles. The number of carboxylic acids is 1. The van der Waals surface area contributed by atoms with E-state index in [0.717, 1.165) is 5.56 Å². The first-order valence-electron chi connectivity index (χ1n) is 10.6. The van der Waals surface area contributed by atoms with Crippen molar-refractivity contribution in [2.45, 2.75) is 31.3 Å². The third-order valence-electron chi connectivity index (χ3n) is 5.77. The molecule has 1 aliphatic heterocycles. The van der Waals surface area contributed by atoms with Gasteiger partial charge in [-0.05, 0) is 54.8 Å². The van der Waals surface area contributed by atoms with Crippen molar-refractivity contribution in [3.8, 4) is 16.9 Å². The normalized spacial score (nSPS) is 16.5. The number of nitrogens with zero attached hydrogens (tertiary/aromatic N) is 1. The van der Waals surface area contributed by atoms with Gasteiger partial charge in [0.2, 0.25) is 0 Å². The number of benzene rings is 3. The Morgan fingerprint density at radius 3 is 2.65 bits per heavy atom. The number of hydrogen-bond donors (Lipinski definition) is 1. The average molecular weight is 504 g/mol. The minimum atomic E-state index is -4.02. The Morgan fingerprint density at radius 1 is 1.21 bits per heavy atom. The molecule has 178 valence electrons. The van der Waals surface area contributed by atoms with Gasteiger partial charge in [-0.1, -0.05) is 48.9 Å². The summed E-state index contributed by atoms with van der Waals surface area (Å²) in [6.45, 7) is 3.26. The van der Waals surface area contributed by atoms with Gasteiger partial charge in [0, 0.05) is 5.56 Å². The van der Waals surface area contributed by atoms with Gasteiger partial charge in [0.05, 0.1) is 28.1 Å². The smallest absolute Gasteiger partial charge is 0.306 e.